The molecule has 0 spiro atoms. The molecule has 22 heavy (non-hydrogen) atoms. The van der Waals surface area contributed by atoms with Crippen molar-refractivity contribution in [1.29, 1.82) is 0 Å². The molecule has 2 aliphatic rings. The first-order chi connectivity index (χ1) is 10.5. The monoisotopic (exact) mass is 309 g/mol. The molecule has 1 heterocycles. The second kappa shape index (κ2) is 7.05. The molecular weight excluding hydrogens is 284 g/mol. The Labute approximate surface area is 130 Å². The zero-order chi connectivity index (χ0) is 16.2. The maximum atomic E-state index is 12.8. The van der Waals surface area contributed by atoms with Gasteiger partial charge in [-0.1, -0.05) is 0 Å². The highest BCUT2D eigenvalue weighted by molar-refractivity contribution is 5.79. The number of primary amides is 1. The van der Waals surface area contributed by atoms with Crippen LogP contribution in [0, 0.1) is 5.92 Å². The molecule has 0 aromatic carbocycles. The molecule has 0 radical (unpaired) electrons. The van der Waals surface area contributed by atoms with Gasteiger partial charge in [0.05, 0.1) is 13.0 Å². The third kappa shape index (κ3) is 3.55. The van der Waals surface area contributed by atoms with Crippen LogP contribution in [0.2, 0.25) is 0 Å². The zero-order valence-electron chi connectivity index (χ0n) is 12.9. The maximum absolute atomic E-state index is 12.8. The predicted molar refractivity (Wildman–Crippen MR) is 80.3 cm³/mol. The number of nitrogens with two attached hydrogens (primary N) is 1. The zero-order valence-corrected chi connectivity index (χ0v) is 12.9. The van der Waals surface area contributed by atoms with Gasteiger partial charge in [-0.15, -0.1) is 0 Å². The lowest BCUT2D eigenvalue weighted by molar-refractivity contribution is -0.818. The van der Waals surface area contributed by atoms with Crippen LogP contribution in [0.1, 0.15) is 51.4 Å². The first-order valence-corrected chi connectivity index (χ1v) is 8.07. The van der Waals surface area contributed by atoms with Crippen LogP contribution < -0.4 is 5.73 Å². The highest BCUT2D eigenvalue weighted by Crippen LogP contribution is 2.40. The number of carboxylic acid groups (broad SMARTS) is 1. The van der Waals surface area contributed by atoms with E-state index in [-0.39, 0.29) is 29.8 Å². The van der Waals surface area contributed by atoms with Crippen molar-refractivity contribution in [1.82, 2.24) is 0 Å². The van der Waals surface area contributed by atoms with Crippen molar-refractivity contribution in [2.24, 2.45) is 11.7 Å². The highest BCUT2D eigenvalue weighted by atomic mass is 16.4. The fourth-order valence-electron chi connectivity index (χ4n) is 3.88. The molecule has 2 amide bonds. The van der Waals surface area contributed by atoms with Gasteiger partial charge in [0.2, 0.25) is 0 Å². The first kappa shape index (κ1) is 16.7. The van der Waals surface area contributed by atoms with Gasteiger partial charge in [0.25, 0.3) is 5.91 Å². The van der Waals surface area contributed by atoms with Crippen LogP contribution in [-0.4, -0.2) is 40.5 Å². The Bertz CT molecular complexity index is 500. The molecule has 1 aliphatic carbocycles. The molecule has 2 atom stereocenters. The number of likely N-dealkylation sites (tertiary alicyclic amines) is 1. The SMILES string of the molecule is NC(=O)C[N+]1(C(=O)CCCC(=O)O)CCCC2CCCC=C21. The summed E-state index contributed by atoms with van der Waals surface area (Å²) < 4.78 is 0.0413. The number of carboxylic acids is 1. The lowest BCUT2D eigenvalue weighted by Gasteiger charge is -2.44. The average Bonchev–Trinajstić information content (AvgIpc) is 2.46. The summed E-state index contributed by atoms with van der Waals surface area (Å²) in [6.45, 7) is 0.616. The van der Waals surface area contributed by atoms with Crippen molar-refractivity contribution < 1.29 is 24.0 Å². The van der Waals surface area contributed by atoms with Crippen molar-refractivity contribution >= 4 is 17.8 Å². The van der Waals surface area contributed by atoms with E-state index in [4.69, 9.17) is 10.8 Å². The molecule has 6 heteroatoms. The van der Waals surface area contributed by atoms with Crippen LogP contribution in [0.5, 0.6) is 0 Å². The van der Waals surface area contributed by atoms with Gasteiger partial charge in [-0.05, 0) is 44.6 Å². The molecule has 2 unspecified atom stereocenters. The summed E-state index contributed by atoms with van der Waals surface area (Å²) in [5, 5.41) is 8.73. The fourth-order valence-corrected chi connectivity index (χ4v) is 3.88. The van der Waals surface area contributed by atoms with E-state index in [1.54, 1.807) is 0 Å². The van der Waals surface area contributed by atoms with Crippen molar-refractivity contribution in [3.05, 3.63) is 11.8 Å². The van der Waals surface area contributed by atoms with E-state index in [9.17, 15) is 14.4 Å². The Morgan fingerprint density at radius 3 is 2.64 bits per heavy atom. The maximum Gasteiger partial charge on any atom is 0.318 e. The Hall–Kier alpha value is -1.69. The number of carbonyl (C=O) groups excluding carboxylic acids is 2. The summed E-state index contributed by atoms with van der Waals surface area (Å²) in [7, 11) is 0. The van der Waals surface area contributed by atoms with Gasteiger partial charge < -0.3 is 10.8 Å². The van der Waals surface area contributed by atoms with E-state index >= 15 is 0 Å². The van der Waals surface area contributed by atoms with Gasteiger partial charge >= 0.3 is 11.9 Å². The Balaban J connectivity index is 2.22. The Morgan fingerprint density at radius 2 is 1.95 bits per heavy atom. The molecule has 1 fully saturated rings. The summed E-state index contributed by atoms with van der Waals surface area (Å²) in [5.74, 6) is -1.07. The Kier molecular flexibility index (Phi) is 5.34. The van der Waals surface area contributed by atoms with Crippen molar-refractivity contribution in [2.75, 3.05) is 13.1 Å². The minimum Gasteiger partial charge on any atom is -0.481 e. The summed E-state index contributed by atoms with van der Waals surface area (Å²) in [5.41, 5.74) is 6.47. The second-order valence-electron chi connectivity index (χ2n) is 6.36. The number of allylic oxidation sites excluding steroid dienone is 2. The van der Waals surface area contributed by atoms with Crippen LogP contribution in [-0.2, 0) is 14.4 Å². The van der Waals surface area contributed by atoms with Gasteiger partial charge in [-0.2, -0.15) is 0 Å². The number of nitrogens with zero attached hydrogens (tertiary/aromatic N) is 1. The second-order valence-corrected chi connectivity index (χ2v) is 6.36. The molecule has 3 N–H and O–H groups in total. The van der Waals surface area contributed by atoms with Crippen LogP contribution in [0.3, 0.4) is 0 Å². The molecule has 0 aromatic rings. The van der Waals surface area contributed by atoms with E-state index in [1.807, 2.05) is 0 Å². The number of amides is 2. The normalized spacial score (nSPS) is 27.6. The van der Waals surface area contributed by atoms with E-state index < -0.39 is 11.9 Å². The minimum atomic E-state index is -0.900. The molecule has 0 saturated carbocycles. The number of hydrogen-bond acceptors (Lipinski definition) is 3. The van der Waals surface area contributed by atoms with Gasteiger partial charge in [0.15, 0.2) is 6.54 Å². The highest BCUT2D eigenvalue weighted by Gasteiger charge is 2.47. The molecule has 6 nitrogen and oxygen atoms in total. The Morgan fingerprint density at radius 1 is 1.23 bits per heavy atom. The number of fused-ring (bicyclic) bond motifs is 1. The van der Waals surface area contributed by atoms with E-state index in [1.165, 1.54) is 0 Å². The third-order valence-corrected chi connectivity index (χ3v) is 4.80. The van der Waals surface area contributed by atoms with Gasteiger partial charge in [-0.3, -0.25) is 9.59 Å². The minimum absolute atomic E-state index is 0.00817. The number of carbonyl (C=O) groups is 3. The summed E-state index contributed by atoms with van der Waals surface area (Å²) in [4.78, 5) is 35.0. The molecule has 1 saturated heterocycles. The summed E-state index contributed by atoms with van der Waals surface area (Å²) in [6.07, 6.45) is 7.68. The number of hydrogen-bond donors (Lipinski definition) is 2. The van der Waals surface area contributed by atoms with Gasteiger partial charge in [0.1, 0.15) is 5.70 Å². The van der Waals surface area contributed by atoms with Gasteiger partial charge in [-0.25, -0.2) is 9.28 Å². The molecule has 0 bridgehead atoms. The number of piperidine rings is 1. The summed E-state index contributed by atoms with van der Waals surface area (Å²) in [6, 6.07) is 0. The van der Waals surface area contributed by atoms with Crippen LogP contribution in [0.15, 0.2) is 11.8 Å². The van der Waals surface area contributed by atoms with Crippen molar-refractivity contribution in [3.63, 3.8) is 0 Å². The van der Waals surface area contributed by atoms with E-state index in [2.05, 4.69) is 6.08 Å². The molecule has 0 aromatic heterocycles. The topological polar surface area (TPSA) is 97.5 Å². The number of rotatable bonds is 6. The number of aliphatic carboxylic acids is 1. The van der Waals surface area contributed by atoms with E-state index in [0.29, 0.717) is 18.9 Å². The van der Waals surface area contributed by atoms with Crippen LogP contribution in [0.25, 0.3) is 0 Å². The van der Waals surface area contributed by atoms with E-state index in [0.717, 1.165) is 37.8 Å². The number of quaternary nitrogens is 1. The lowest BCUT2D eigenvalue weighted by atomic mass is 9.82. The summed E-state index contributed by atoms with van der Waals surface area (Å²) >= 11 is 0. The van der Waals surface area contributed by atoms with Crippen molar-refractivity contribution in [3.8, 4) is 0 Å². The fraction of sp³-hybridized carbons (Fsp3) is 0.688. The third-order valence-electron chi connectivity index (χ3n) is 4.80. The van der Waals surface area contributed by atoms with Crippen LogP contribution in [0.4, 0.5) is 0 Å². The average molecular weight is 309 g/mol. The first-order valence-electron chi connectivity index (χ1n) is 8.07. The van der Waals surface area contributed by atoms with Crippen LogP contribution >= 0.6 is 0 Å². The largest absolute Gasteiger partial charge is 0.481 e. The predicted octanol–water partition coefficient (Wildman–Crippen LogP) is 1.55. The lowest BCUT2D eigenvalue weighted by Crippen LogP contribution is -2.59. The molecule has 122 valence electrons. The molecular formula is C16H25N2O4+. The van der Waals surface area contributed by atoms with Crippen molar-refractivity contribution in [2.45, 2.75) is 51.4 Å². The quantitative estimate of drug-likeness (QED) is 0.727. The standard InChI is InChI=1S/C16H24N2O4/c17-14(19)11-18(15(20)8-3-9-16(21)22)10-4-6-12-5-1-2-7-13(12)18/h7,12H,1-6,8-11H2,(H2-,17,19,21,22)/p+1. The molecule has 2 rings (SSSR count). The smallest absolute Gasteiger partial charge is 0.318 e. The van der Waals surface area contributed by atoms with Gasteiger partial charge in [0, 0.05) is 12.3 Å². The molecule has 1 aliphatic heterocycles.